The van der Waals surface area contributed by atoms with Crippen LogP contribution in [0.1, 0.15) is 18.1 Å². The van der Waals surface area contributed by atoms with E-state index in [-0.39, 0.29) is 18.9 Å². The third kappa shape index (κ3) is 5.67. The molecule has 3 aromatic carbocycles. The zero-order chi connectivity index (χ0) is 21.5. The summed E-state index contributed by atoms with van der Waals surface area (Å²) in [5.74, 6) is -1.40. The first-order valence-corrected chi connectivity index (χ1v) is 9.73. The zero-order valence-corrected chi connectivity index (χ0v) is 17.0. The Morgan fingerprint density at radius 3 is 2.50 bits per heavy atom. The summed E-state index contributed by atoms with van der Waals surface area (Å²) in [5, 5.41) is 7.30. The fourth-order valence-corrected chi connectivity index (χ4v) is 3.11. The molecule has 0 aromatic heterocycles. The van der Waals surface area contributed by atoms with Crippen LogP contribution in [0, 0.1) is 6.92 Å². The monoisotopic (exact) mass is 404 g/mol. The first-order chi connectivity index (χ1) is 14.4. The van der Waals surface area contributed by atoms with Crippen LogP contribution in [0.15, 0.2) is 66.7 Å². The predicted octanol–water partition coefficient (Wildman–Crippen LogP) is 3.38. The van der Waals surface area contributed by atoms with Crippen LogP contribution in [-0.4, -0.2) is 30.4 Å². The molecule has 6 heteroatoms. The molecule has 0 aliphatic rings. The Balaban J connectivity index is 1.47. The lowest BCUT2D eigenvalue weighted by Gasteiger charge is -2.14. The van der Waals surface area contributed by atoms with Gasteiger partial charge in [-0.25, -0.2) is 0 Å². The van der Waals surface area contributed by atoms with E-state index >= 15 is 0 Å². The van der Waals surface area contributed by atoms with Crippen LogP contribution in [0.5, 0.6) is 0 Å². The number of nitrogens with one attached hydrogen (secondary N) is 2. The Hall–Kier alpha value is -3.67. The van der Waals surface area contributed by atoms with Crippen molar-refractivity contribution in [1.82, 2.24) is 5.32 Å². The second-order valence-corrected chi connectivity index (χ2v) is 7.08. The minimum Gasteiger partial charge on any atom is -0.451 e. The van der Waals surface area contributed by atoms with Crippen molar-refractivity contribution in [3.63, 3.8) is 0 Å². The SMILES string of the molecule is Cc1cccc(NC(=O)[C@@H](C)OC(=O)CNC(=O)Cc2cccc3ccccc23)c1. The van der Waals surface area contributed by atoms with Crippen LogP contribution in [0.3, 0.4) is 0 Å². The van der Waals surface area contributed by atoms with Crippen molar-refractivity contribution in [3.8, 4) is 0 Å². The fraction of sp³-hybridized carbons (Fsp3) is 0.208. The van der Waals surface area contributed by atoms with Gasteiger partial charge in [-0.05, 0) is 47.9 Å². The molecule has 6 nitrogen and oxygen atoms in total. The summed E-state index contributed by atoms with van der Waals surface area (Å²) in [5.41, 5.74) is 2.52. The van der Waals surface area contributed by atoms with E-state index in [1.165, 1.54) is 6.92 Å². The van der Waals surface area contributed by atoms with Crippen LogP contribution in [0.4, 0.5) is 5.69 Å². The third-order valence-corrected chi connectivity index (χ3v) is 4.62. The number of carbonyl (C=O) groups excluding carboxylic acids is 3. The lowest BCUT2D eigenvalue weighted by Crippen LogP contribution is -2.36. The molecule has 0 saturated carbocycles. The first-order valence-electron chi connectivity index (χ1n) is 9.73. The third-order valence-electron chi connectivity index (χ3n) is 4.62. The highest BCUT2D eigenvalue weighted by atomic mass is 16.5. The Morgan fingerprint density at radius 1 is 0.967 bits per heavy atom. The molecule has 0 aliphatic carbocycles. The maximum Gasteiger partial charge on any atom is 0.326 e. The first kappa shape index (κ1) is 21.0. The Morgan fingerprint density at radius 2 is 1.70 bits per heavy atom. The number of ether oxygens (including phenoxy) is 1. The molecule has 2 N–H and O–H groups in total. The number of rotatable bonds is 7. The Bertz CT molecular complexity index is 1070. The smallest absolute Gasteiger partial charge is 0.326 e. The summed E-state index contributed by atoms with van der Waals surface area (Å²) in [4.78, 5) is 36.5. The fourth-order valence-electron chi connectivity index (χ4n) is 3.11. The van der Waals surface area contributed by atoms with E-state index in [2.05, 4.69) is 10.6 Å². The number of aryl methyl sites for hydroxylation is 1. The van der Waals surface area contributed by atoms with E-state index in [1.54, 1.807) is 6.07 Å². The molecule has 0 saturated heterocycles. The number of hydrogen-bond donors (Lipinski definition) is 2. The standard InChI is InChI=1S/C24H24N2O4/c1-16-7-5-11-20(13-16)26-24(29)17(2)30-23(28)15-25-22(27)14-19-10-6-9-18-8-3-4-12-21(18)19/h3-13,17H,14-15H2,1-2H3,(H,25,27)(H,26,29)/t17-/m1/s1. The predicted molar refractivity (Wildman–Crippen MR) is 116 cm³/mol. The molecule has 154 valence electrons. The minimum atomic E-state index is -0.979. The van der Waals surface area contributed by atoms with Crippen molar-refractivity contribution in [2.24, 2.45) is 0 Å². The highest BCUT2D eigenvalue weighted by Crippen LogP contribution is 2.18. The van der Waals surface area contributed by atoms with E-state index in [0.29, 0.717) is 5.69 Å². The van der Waals surface area contributed by atoms with Gasteiger partial charge >= 0.3 is 5.97 Å². The van der Waals surface area contributed by atoms with Gasteiger partial charge in [0.1, 0.15) is 6.54 Å². The van der Waals surface area contributed by atoms with E-state index in [4.69, 9.17) is 4.74 Å². The van der Waals surface area contributed by atoms with Gasteiger partial charge in [0.15, 0.2) is 6.10 Å². The largest absolute Gasteiger partial charge is 0.451 e. The summed E-state index contributed by atoms with van der Waals surface area (Å²) in [6.07, 6.45) is -0.828. The number of benzene rings is 3. The lowest BCUT2D eigenvalue weighted by molar-refractivity contribution is -0.152. The molecule has 2 amide bonds. The zero-order valence-electron chi connectivity index (χ0n) is 17.0. The summed E-state index contributed by atoms with van der Waals surface area (Å²) >= 11 is 0. The van der Waals surface area contributed by atoms with Gasteiger partial charge in [-0.2, -0.15) is 0 Å². The van der Waals surface area contributed by atoms with Crippen molar-refractivity contribution in [2.45, 2.75) is 26.4 Å². The molecule has 3 rings (SSSR count). The number of esters is 1. The lowest BCUT2D eigenvalue weighted by atomic mass is 10.0. The van der Waals surface area contributed by atoms with Gasteiger partial charge in [0.05, 0.1) is 6.42 Å². The molecular weight excluding hydrogens is 380 g/mol. The summed E-state index contributed by atoms with van der Waals surface area (Å²) < 4.78 is 5.12. The van der Waals surface area contributed by atoms with Gasteiger partial charge < -0.3 is 15.4 Å². The van der Waals surface area contributed by atoms with Crippen LogP contribution < -0.4 is 10.6 Å². The van der Waals surface area contributed by atoms with Gasteiger partial charge in [0.2, 0.25) is 5.91 Å². The van der Waals surface area contributed by atoms with Gasteiger partial charge in [-0.1, -0.05) is 54.6 Å². The molecule has 0 heterocycles. The second-order valence-electron chi connectivity index (χ2n) is 7.08. The molecule has 0 bridgehead atoms. The molecule has 0 fully saturated rings. The van der Waals surface area contributed by atoms with Crippen LogP contribution in [-0.2, 0) is 25.5 Å². The second kappa shape index (κ2) is 9.69. The normalized spacial score (nSPS) is 11.5. The summed E-state index contributed by atoms with van der Waals surface area (Å²) in [6.45, 7) is 3.10. The maximum atomic E-state index is 12.3. The summed E-state index contributed by atoms with van der Waals surface area (Å²) in [6, 6.07) is 20.9. The van der Waals surface area contributed by atoms with Gasteiger partial charge in [-0.3, -0.25) is 14.4 Å². The van der Waals surface area contributed by atoms with E-state index in [9.17, 15) is 14.4 Å². The maximum absolute atomic E-state index is 12.3. The topological polar surface area (TPSA) is 84.5 Å². The van der Waals surface area contributed by atoms with Gasteiger partial charge in [0.25, 0.3) is 5.91 Å². The van der Waals surface area contributed by atoms with Gasteiger partial charge in [0, 0.05) is 5.69 Å². The average molecular weight is 404 g/mol. The summed E-state index contributed by atoms with van der Waals surface area (Å²) in [7, 11) is 0. The van der Waals surface area contributed by atoms with Gasteiger partial charge in [-0.15, -0.1) is 0 Å². The van der Waals surface area contributed by atoms with E-state index < -0.39 is 18.0 Å². The number of fused-ring (bicyclic) bond motifs is 1. The van der Waals surface area contributed by atoms with Crippen molar-refractivity contribution in [1.29, 1.82) is 0 Å². The molecule has 0 unspecified atom stereocenters. The van der Waals surface area contributed by atoms with Crippen molar-refractivity contribution >= 4 is 34.2 Å². The molecule has 30 heavy (non-hydrogen) atoms. The molecule has 0 radical (unpaired) electrons. The molecule has 0 aliphatic heterocycles. The molecule has 0 spiro atoms. The highest BCUT2D eigenvalue weighted by molar-refractivity contribution is 5.95. The number of carbonyl (C=O) groups is 3. The van der Waals surface area contributed by atoms with E-state index in [1.807, 2.05) is 67.6 Å². The highest BCUT2D eigenvalue weighted by Gasteiger charge is 2.18. The molecular formula is C24H24N2O4. The van der Waals surface area contributed by atoms with Crippen molar-refractivity contribution in [3.05, 3.63) is 77.9 Å². The average Bonchev–Trinajstić information content (AvgIpc) is 2.72. The van der Waals surface area contributed by atoms with Crippen LogP contribution in [0.25, 0.3) is 10.8 Å². The minimum absolute atomic E-state index is 0.151. The Labute approximate surface area is 175 Å². The van der Waals surface area contributed by atoms with E-state index in [0.717, 1.165) is 21.9 Å². The number of hydrogen-bond acceptors (Lipinski definition) is 4. The quantitative estimate of drug-likeness (QED) is 0.592. The number of anilines is 1. The van der Waals surface area contributed by atoms with Crippen molar-refractivity contribution in [2.75, 3.05) is 11.9 Å². The van der Waals surface area contributed by atoms with Crippen LogP contribution >= 0.6 is 0 Å². The molecule has 1 atom stereocenters. The molecule has 3 aromatic rings. The number of amides is 2. The van der Waals surface area contributed by atoms with Crippen LogP contribution in [0.2, 0.25) is 0 Å². The van der Waals surface area contributed by atoms with Crippen molar-refractivity contribution < 1.29 is 19.1 Å². The Kier molecular flexibility index (Phi) is 6.80.